The van der Waals surface area contributed by atoms with E-state index in [1.54, 1.807) is 35.2 Å². The second-order valence-corrected chi connectivity index (χ2v) is 14.7. The molecule has 0 N–H and O–H groups in total. The number of carbonyl (C=O) groups is 1. The van der Waals surface area contributed by atoms with E-state index >= 15 is 4.79 Å². The summed E-state index contributed by atoms with van der Waals surface area (Å²) < 4.78 is 59.5. The number of benzene rings is 7. The lowest BCUT2D eigenvalue weighted by molar-refractivity contribution is 0.0805. The Labute approximate surface area is 299 Å². The van der Waals surface area contributed by atoms with Crippen LogP contribution in [0.4, 0.5) is 17.6 Å². The van der Waals surface area contributed by atoms with Gasteiger partial charge in [0, 0.05) is 23.3 Å². The van der Waals surface area contributed by atoms with Crippen molar-refractivity contribution in [2.24, 2.45) is 4.99 Å². The van der Waals surface area contributed by atoms with Crippen molar-refractivity contribution in [1.82, 2.24) is 4.90 Å². The molecule has 0 bridgehead atoms. The number of hydrogen-bond acceptors (Lipinski definition) is 2. The van der Waals surface area contributed by atoms with Gasteiger partial charge in [0.1, 0.15) is 35.1 Å². The predicted molar refractivity (Wildman–Crippen MR) is 200 cm³/mol. The molecule has 0 unspecified atom stereocenters. The Balaban J connectivity index is 1.38. The standard InChI is InChI=1S/C44H29F4N2OP/c45-33-22-34(46)25-37(24-33)52(38-26-35(47)23-36(48)27-38)40-18-10-9-17-39(40)43-49-41(29-12-3-1-4-13-29)42(30-14-5-2-6-15-30)50(43)44(51)32-20-19-28-11-7-8-16-31(28)21-32/h1-27,41-42H/t41-,42-/m0/s1. The highest BCUT2D eigenvalue weighted by molar-refractivity contribution is 7.80. The molecule has 1 heterocycles. The van der Waals surface area contributed by atoms with Crippen molar-refractivity contribution in [2.75, 3.05) is 0 Å². The lowest BCUT2D eigenvalue weighted by Gasteiger charge is -2.31. The number of fused-ring (bicyclic) bond motifs is 1. The molecule has 3 nitrogen and oxygen atoms in total. The molecule has 0 aliphatic carbocycles. The molecule has 8 rings (SSSR count). The molecule has 0 aromatic heterocycles. The predicted octanol–water partition coefficient (Wildman–Crippen LogP) is 9.54. The molecule has 0 fully saturated rings. The molecular weight excluding hydrogens is 679 g/mol. The van der Waals surface area contributed by atoms with Gasteiger partial charge in [-0.2, -0.15) is 0 Å². The van der Waals surface area contributed by atoms with Gasteiger partial charge in [0.2, 0.25) is 0 Å². The lowest BCUT2D eigenvalue weighted by atomic mass is 9.93. The largest absolute Gasteiger partial charge is 0.282 e. The Morgan fingerprint density at radius 1 is 0.538 bits per heavy atom. The molecule has 2 atom stereocenters. The highest BCUT2D eigenvalue weighted by atomic mass is 31.1. The fraction of sp³-hybridized carbons (Fsp3) is 0.0455. The Morgan fingerprint density at radius 3 is 1.67 bits per heavy atom. The van der Waals surface area contributed by atoms with E-state index in [4.69, 9.17) is 4.99 Å². The molecule has 0 spiro atoms. The quantitative estimate of drug-likeness (QED) is 0.120. The van der Waals surface area contributed by atoms with E-state index in [9.17, 15) is 17.6 Å². The molecule has 1 amide bonds. The molecule has 1 aliphatic rings. The summed E-state index contributed by atoms with van der Waals surface area (Å²) in [4.78, 5) is 22.1. The van der Waals surface area contributed by atoms with Crippen LogP contribution in [0.15, 0.2) is 169 Å². The van der Waals surface area contributed by atoms with Gasteiger partial charge in [-0.15, -0.1) is 0 Å². The van der Waals surface area contributed by atoms with Crippen molar-refractivity contribution < 1.29 is 22.4 Å². The van der Waals surface area contributed by atoms with Crippen LogP contribution >= 0.6 is 7.92 Å². The van der Waals surface area contributed by atoms with E-state index < -0.39 is 43.3 Å². The van der Waals surface area contributed by atoms with Crippen LogP contribution in [0.2, 0.25) is 0 Å². The highest BCUT2D eigenvalue weighted by Crippen LogP contribution is 2.45. The summed E-state index contributed by atoms with van der Waals surface area (Å²) in [6.45, 7) is 0. The average molecular weight is 709 g/mol. The lowest BCUT2D eigenvalue weighted by Crippen LogP contribution is -2.40. The highest BCUT2D eigenvalue weighted by Gasteiger charge is 2.43. The Bertz CT molecular complexity index is 2380. The first-order valence-corrected chi connectivity index (χ1v) is 18.0. The smallest absolute Gasteiger partial charge is 0.260 e. The molecule has 52 heavy (non-hydrogen) atoms. The fourth-order valence-electron chi connectivity index (χ4n) is 6.93. The van der Waals surface area contributed by atoms with Gasteiger partial charge in [-0.25, -0.2) is 17.6 Å². The van der Waals surface area contributed by atoms with Gasteiger partial charge in [0.05, 0.1) is 6.04 Å². The summed E-state index contributed by atoms with van der Waals surface area (Å²) in [6, 6.07) is 44.9. The fourth-order valence-corrected chi connectivity index (χ4v) is 9.45. The minimum atomic E-state index is -1.98. The van der Waals surface area contributed by atoms with Crippen molar-refractivity contribution in [1.29, 1.82) is 0 Å². The molecule has 254 valence electrons. The first-order valence-electron chi connectivity index (χ1n) is 16.7. The zero-order valence-corrected chi connectivity index (χ0v) is 28.4. The van der Waals surface area contributed by atoms with Gasteiger partial charge in [0.25, 0.3) is 5.91 Å². The minimum Gasteiger partial charge on any atom is -0.282 e. The Hall–Kier alpha value is -5.91. The third kappa shape index (κ3) is 6.40. The third-order valence-electron chi connectivity index (χ3n) is 9.16. The number of hydrogen-bond donors (Lipinski definition) is 0. The molecule has 7 aromatic carbocycles. The van der Waals surface area contributed by atoms with E-state index in [1.165, 1.54) is 24.3 Å². The van der Waals surface area contributed by atoms with Crippen LogP contribution in [-0.4, -0.2) is 16.6 Å². The topological polar surface area (TPSA) is 32.7 Å². The molecule has 7 aromatic rings. The molecular formula is C44H29F4N2OP. The van der Waals surface area contributed by atoms with Crippen LogP contribution in [0.25, 0.3) is 10.8 Å². The average Bonchev–Trinajstić information content (AvgIpc) is 3.55. The molecule has 0 radical (unpaired) electrons. The second kappa shape index (κ2) is 14.0. The van der Waals surface area contributed by atoms with Crippen molar-refractivity contribution >= 4 is 46.4 Å². The van der Waals surface area contributed by atoms with Crippen molar-refractivity contribution in [3.05, 3.63) is 209 Å². The van der Waals surface area contributed by atoms with Gasteiger partial charge in [-0.1, -0.05) is 115 Å². The third-order valence-corrected chi connectivity index (χ3v) is 11.6. The van der Waals surface area contributed by atoms with Crippen molar-refractivity contribution in [3.63, 3.8) is 0 Å². The van der Waals surface area contributed by atoms with E-state index in [0.29, 0.717) is 22.3 Å². The van der Waals surface area contributed by atoms with Crippen molar-refractivity contribution in [3.8, 4) is 0 Å². The van der Waals surface area contributed by atoms with E-state index in [0.717, 1.165) is 34.0 Å². The van der Waals surface area contributed by atoms with Crippen LogP contribution in [0, 0.1) is 23.3 Å². The van der Waals surface area contributed by atoms with Gasteiger partial charge < -0.3 is 0 Å². The van der Waals surface area contributed by atoms with Crippen LogP contribution in [0.3, 0.4) is 0 Å². The first kappa shape index (κ1) is 33.2. The summed E-state index contributed by atoms with van der Waals surface area (Å²) >= 11 is 0. The number of rotatable bonds is 7. The van der Waals surface area contributed by atoms with Gasteiger partial charge in [0.15, 0.2) is 0 Å². The summed E-state index contributed by atoms with van der Waals surface area (Å²) in [5.41, 5.74) is 2.67. The van der Waals surface area contributed by atoms with Gasteiger partial charge >= 0.3 is 0 Å². The minimum absolute atomic E-state index is 0.204. The maximum atomic E-state index is 15.1. The SMILES string of the molecule is O=C(c1ccc2ccccc2c1)N1C(c2ccccc2P(c2cc(F)cc(F)c2)c2cc(F)cc(F)c2)=N[C@@H](c2ccccc2)[C@@H]1c1ccccc1. The number of amides is 1. The zero-order chi connectivity index (χ0) is 35.8. The summed E-state index contributed by atoms with van der Waals surface area (Å²) in [5.74, 6) is -3.26. The zero-order valence-electron chi connectivity index (χ0n) is 27.5. The number of nitrogens with zero attached hydrogens (tertiary/aromatic N) is 2. The van der Waals surface area contributed by atoms with E-state index in [1.807, 2.05) is 97.1 Å². The summed E-state index contributed by atoms with van der Waals surface area (Å²) in [6.07, 6.45) is 0. The van der Waals surface area contributed by atoms with Gasteiger partial charge in [-0.3, -0.25) is 14.7 Å². The van der Waals surface area contributed by atoms with E-state index in [-0.39, 0.29) is 16.5 Å². The van der Waals surface area contributed by atoms with E-state index in [2.05, 4.69) is 0 Å². The van der Waals surface area contributed by atoms with Gasteiger partial charge in [-0.05, 0) is 82.1 Å². The maximum Gasteiger partial charge on any atom is 0.260 e. The molecule has 1 aliphatic heterocycles. The van der Waals surface area contributed by atoms with Crippen LogP contribution in [-0.2, 0) is 0 Å². The molecule has 0 saturated carbocycles. The molecule has 0 saturated heterocycles. The first-order chi connectivity index (χ1) is 25.3. The number of halogens is 4. The number of carbonyl (C=O) groups excluding carboxylic acids is 1. The summed E-state index contributed by atoms with van der Waals surface area (Å²) in [7, 11) is -1.98. The monoisotopic (exact) mass is 708 g/mol. The Morgan fingerprint density at radius 2 is 1.06 bits per heavy atom. The van der Waals surface area contributed by atoms with Crippen molar-refractivity contribution in [2.45, 2.75) is 12.1 Å². The van der Waals surface area contributed by atoms with Crippen LogP contribution in [0.5, 0.6) is 0 Å². The van der Waals surface area contributed by atoms with Crippen LogP contribution < -0.4 is 15.9 Å². The Kier molecular flexibility index (Phi) is 8.96. The molecule has 8 heteroatoms. The number of aliphatic imine (C=N–C) groups is 1. The summed E-state index contributed by atoms with van der Waals surface area (Å²) in [5, 5.41) is 2.80. The van der Waals surface area contributed by atoms with Crippen LogP contribution in [0.1, 0.15) is 39.1 Å². The number of amidine groups is 1. The second-order valence-electron chi connectivity index (χ2n) is 12.5. The normalized spacial score (nSPS) is 15.6. The maximum absolute atomic E-state index is 15.1.